The van der Waals surface area contributed by atoms with E-state index in [1.165, 1.54) is 6.92 Å². The van der Waals surface area contributed by atoms with E-state index >= 15 is 0 Å². The normalized spacial score (nSPS) is 14.3. The van der Waals surface area contributed by atoms with Crippen LogP contribution in [-0.4, -0.2) is 71.4 Å². The molecule has 0 heterocycles. The van der Waals surface area contributed by atoms with Crippen LogP contribution in [0.15, 0.2) is 4.99 Å². The number of aliphatic carboxylic acids is 1. The van der Waals surface area contributed by atoms with Crippen molar-refractivity contribution in [3.05, 3.63) is 0 Å². The first-order valence-corrected chi connectivity index (χ1v) is 10.5. The summed E-state index contributed by atoms with van der Waals surface area (Å²) in [6.07, 6.45) is 0.191. The van der Waals surface area contributed by atoms with Gasteiger partial charge in [0, 0.05) is 6.54 Å². The first-order valence-electron chi connectivity index (χ1n) is 10.5. The second kappa shape index (κ2) is 14.6. The van der Waals surface area contributed by atoms with Crippen molar-refractivity contribution in [1.82, 2.24) is 16.0 Å². The summed E-state index contributed by atoms with van der Waals surface area (Å²) >= 11 is 0. The van der Waals surface area contributed by atoms with Gasteiger partial charge in [0.25, 0.3) is 0 Å². The van der Waals surface area contributed by atoms with E-state index in [1.807, 2.05) is 13.8 Å². The SMILES string of the molecule is CC(C)CC(NC(=O)C(C)NC(=O)C(CCCN=C(N)N)NC(=O)C(N)CC(N)=O)C(=O)O. The van der Waals surface area contributed by atoms with Gasteiger partial charge in [-0.1, -0.05) is 13.8 Å². The number of carboxylic acids is 1. The smallest absolute Gasteiger partial charge is 0.326 e. The highest BCUT2D eigenvalue weighted by molar-refractivity contribution is 5.94. The van der Waals surface area contributed by atoms with Crippen LogP contribution >= 0.6 is 0 Å². The maximum atomic E-state index is 12.7. The van der Waals surface area contributed by atoms with Crippen molar-refractivity contribution in [2.75, 3.05) is 6.54 Å². The van der Waals surface area contributed by atoms with Crippen LogP contribution in [0.25, 0.3) is 0 Å². The fraction of sp³-hybridized carbons (Fsp3) is 0.684. The molecular formula is C19H36N8O6. The summed E-state index contributed by atoms with van der Waals surface area (Å²) in [6, 6.07) is -4.59. The second-order valence-corrected chi connectivity index (χ2v) is 8.05. The number of nitrogens with two attached hydrogens (primary N) is 4. The van der Waals surface area contributed by atoms with Crippen molar-refractivity contribution in [1.29, 1.82) is 0 Å². The van der Waals surface area contributed by atoms with E-state index in [0.717, 1.165) is 0 Å². The van der Waals surface area contributed by atoms with Gasteiger partial charge in [0.05, 0.1) is 12.5 Å². The fourth-order valence-corrected chi connectivity index (χ4v) is 2.73. The lowest BCUT2D eigenvalue weighted by atomic mass is 10.0. The van der Waals surface area contributed by atoms with Crippen LogP contribution in [0.2, 0.25) is 0 Å². The van der Waals surface area contributed by atoms with Gasteiger partial charge in [-0.25, -0.2) is 4.79 Å². The molecule has 33 heavy (non-hydrogen) atoms. The Hall–Kier alpha value is -3.42. The highest BCUT2D eigenvalue weighted by Crippen LogP contribution is 2.06. The molecule has 14 heteroatoms. The lowest BCUT2D eigenvalue weighted by Gasteiger charge is -2.23. The molecule has 0 aliphatic carbocycles. The van der Waals surface area contributed by atoms with Crippen LogP contribution in [-0.2, 0) is 24.0 Å². The molecule has 0 saturated carbocycles. The molecule has 188 valence electrons. The Bertz CT molecular complexity index is 738. The first kappa shape index (κ1) is 29.6. The Morgan fingerprint density at radius 2 is 1.45 bits per heavy atom. The van der Waals surface area contributed by atoms with Gasteiger partial charge in [0.1, 0.15) is 18.1 Å². The van der Waals surface area contributed by atoms with Gasteiger partial charge in [0.2, 0.25) is 23.6 Å². The van der Waals surface area contributed by atoms with Gasteiger partial charge < -0.3 is 44.0 Å². The van der Waals surface area contributed by atoms with E-state index in [0.29, 0.717) is 6.42 Å². The number of nitrogens with one attached hydrogen (secondary N) is 3. The zero-order valence-corrected chi connectivity index (χ0v) is 19.2. The topological polar surface area (TPSA) is 258 Å². The van der Waals surface area contributed by atoms with E-state index in [1.54, 1.807) is 0 Å². The molecular weight excluding hydrogens is 436 g/mol. The van der Waals surface area contributed by atoms with E-state index in [2.05, 4.69) is 20.9 Å². The highest BCUT2D eigenvalue weighted by Gasteiger charge is 2.28. The fourth-order valence-electron chi connectivity index (χ4n) is 2.73. The summed E-state index contributed by atoms with van der Waals surface area (Å²) in [7, 11) is 0. The van der Waals surface area contributed by atoms with Crippen molar-refractivity contribution in [3.63, 3.8) is 0 Å². The van der Waals surface area contributed by atoms with Gasteiger partial charge in [-0.2, -0.15) is 0 Å². The monoisotopic (exact) mass is 472 g/mol. The van der Waals surface area contributed by atoms with Crippen molar-refractivity contribution >= 4 is 35.6 Å². The summed E-state index contributed by atoms with van der Waals surface area (Å²) in [6.45, 7) is 5.18. The number of guanidine groups is 1. The minimum atomic E-state index is -1.26. The highest BCUT2D eigenvalue weighted by atomic mass is 16.4. The molecule has 0 spiro atoms. The third-order valence-corrected chi connectivity index (χ3v) is 4.41. The standard InChI is InChI=1S/C19H36N8O6/c1-9(2)7-13(18(32)33)27-15(29)10(3)25-17(31)12(5-4-6-24-19(22)23)26-16(30)11(20)8-14(21)28/h9-13H,4-8,20H2,1-3H3,(H2,21,28)(H,25,31)(H,26,30)(H,27,29)(H,32,33)(H4,22,23,24). The van der Waals surface area contributed by atoms with Crippen LogP contribution in [0, 0.1) is 5.92 Å². The number of hydrogen-bond acceptors (Lipinski definition) is 7. The number of carboxylic acid groups (broad SMARTS) is 1. The molecule has 4 unspecified atom stereocenters. The Morgan fingerprint density at radius 3 is 1.94 bits per heavy atom. The molecule has 0 radical (unpaired) electrons. The van der Waals surface area contributed by atoms with Gasteiger partial charge in [-0.15, -0.1) is 0 Å². The molecule has 0 aliphatic heterocycles. The van der Waals surface area contributed by atoms with E-state index in [-0.39, 0.29) is 31.3 Å². The van der Waals surface area contributed by atoms with Crippen LogP contribution in [0.4, 0.5) is 0 Å². The summed E-state index contributed by atoms with van der Waals surface area (Å²) in [4.78, 5) is 63.5. The predicted octanol–water partition coefficient (Wildman–Crippen LogP) is -3.15. The molecule has 0 rings (SSSR count). The average Bonchev–Trinajstić information content (AvgIpc) is 2.68. The number of aliphatic imine (C=N–C) groups is 1. The van der Waals surface area contributed by atoms with Crippen LogP contribution in [0.3, 0.4) is 0 Å². The summed E-state index contributed by atoms with van der Waals surface area (Å²) in [5.41, 5.74) is 21.2. The van der Waals surface area contributed by atoms with Crippen LogP contribution in [0.1, 0.15) is 46.5 Å². The molecule has 0 aliphatic rings. The van der Waals surface area contributed by atoms with Crippen LogP contribution in [0.5, 0.6) is 0 Å². The van der Waals surface area contributed by atoms with Gasteiger partial charge in [-0.05, 0) is 32.1 Å². The maximum absolute atomic E-state index is 12.7. The zero-order chi connectivity index (χ0) is 25.7. The number of nitrogens with zero attached hydrogens (tertiary/aromatic N) is 1. The van der Waals surface area contributed by atoms with E-state index in [9.17, 15) is 29.1 Å². The molecule has 0 aromatic rings. The molecule has 0 aromatic carbocycles. The maximum Gasteiger partial charge on any atom is 0.326 e. The third kappa shape index (κ3) is 12.9. The molecule has 0 aromatic heterocycles. The summed E-state index contributed by atoms with van der Waals surface area (Å²) in [5.74, 6) is -4.29. The number of carbonyl (C=O) groups excluding carboxylic acids is 4. The van der Waals surface area contributed by atoms with E-state index in [4.69, 9.17) is 22.9 Å². The Labute approximate surface area is 192 Å². The van der Waals surface area contributed by atoms with Gasteiger partial charge in [-0.3, -0.25) is 24.2 Å². The molecule has 12 N–H and O–H groups in total. The lowest BCUT2D eigenvalue weighted by Crippen LogP contribution is -2.56. The number of amides is 4. The Balaban J connectivity index is 5.21. The lowest BCUT2D eigenvalue weighted by molar-refractivity contribution is -0.142. The Kier molecular flexibility index (Phi) is 13.1. The number of hydrogen-bond donors (Lipinski definition) is 8. The zero-order valence-electron chi connectivity index (χ0n) is 19.2. The quantitative estimate of drug-likeness (QED) is 0.0678. The van der Waals surface area contributed by atoms with Crippen molar-refractivity contribution in [3.8, 4) is 0 Å². The minimum Gasteiger partial charge on any atom is -0.480 e. The van der Waals surface area contributed by atoms with Crippen molar-refractivity contribution in [2.45, 2.75) is 70.6 Å². The number of carbonyl (C=O) groups is 5. The van der Waals surface area contributed by atoms with Gasteiger partial charge >= 0.3 is 5.97 Å². The van der Waals surface area contributed by atoms with Gasteiger partial charge in [0.15, 0.2) is 5.96 Å². The van der Waals surface area contributed by atoms with Crippen LogP contribution < -0.4 is 38.9 Å². The van der Waals surface area contributed by atoms with E-state index < -0.39 is 60.2 Å². The Morgan fingerprint density at radius 1 is 0.879 bits per heavy atom. The summed E-state index contributed by atoms with van der Waals surface area (Å²) < 4.78 is 0. The second-order valence-electron chi connectivity index (χ2n) is 8.05. The minimum absolute atomic E-state index is 0.0192. The molecule has 4 atom stereocenters. The predicted molar refractivity (Wildman–Crippen MR) is 120 cm³/mol. The molecule has 0 saturated heterocycles. The molecule has 0 bridgehead atoms. The molecule has 4 amide bonds. The third-order valence-electron chi connectivity index (χ3n) is 4.41. The number of primary amides is 1. The molecule has 14 nitrogen and oxygen atoms in total. The largest absolute Gasteiger partial charge is 0.480 e. The van der Waals surface area contributed by atoms with Crippen molar-refractivity contribution in [2.24, 2.45) is 33.8 Å². The average molecular weight is 473 g/mol. The molecule has 0 fully saturated rings. The number of rotatable bonds is 15. The first-order chi connectivity index (χ1) is 15.2. The van der Waals surface area contributed by atoms with Crippen molar-refractivity contribution < 1.29 is 29.1 Å². The summed E-state index contributed by atoms with van der Waals surface area (Å²) in [5, 5.41) is 16.5.